The first-order valence-electron chi connectivity index (χ1n) is 3.97. The molecule has 0 aliphatic heterocycles. The number of aliphatic hydroxyl groups is 1. The molecule has 0 unspecified atom stereocenters. The zero-order valence-corrected chi connectivity index (χ0v) is 7.30. The van der Waals surface area contributed by atoms with E-state index in [-0.39, 0.29) is 0 Å². The van der Waals surface area contributed by atoms with Crippen molar-refractivity contribution >= 4 is 0 Å². The first kappa shape index (κ1) is 10.0. The summed E-state index contributed by atoms with van der Waals surface area (Å²) in [6, 6.07) is 0. The number of aliphatic hydroxyl groups excluding tert-OH is 1. The molecule has 0 rings (SSSR count). The molecule has 0 spiro atoms. The second kappa shape index (κ2) is 5.78. The van der Waals surface area contributed by atoms with E-state index in [0.717, 1.165) is 18.4 Å². The smallest absolute Gasteiger partial charge is 0.114 e. The van der Waals surface area contributed by atoms with Crippen molar-refractivity contribution in [1.29, 1.82) is 0 Å². The fraction of sp³-hybridized carbons (Fsp3) is 0.400. The van der Waals surface area contributed by atoms with Crippen molar-refractivity contribution in [1.82, 2.24) is 0 Å². The van der Waals surface area contributed by atoms with Crippen molar-refractivity contribution in [2.75, 3.05) is 0 Å². The highest BCUT2D eigenvalue weighted by atomic mass is 16.3. The van der Waals surface area contributed by atoms with E-state index >= 15 is 0 Å². The summed E-state index contributed by atoms with van der Waals surface area (Å²) < 4.78 is 0. The molecule has 0 radical (unpaired) electrons. The molecule has 11 heavy (non-hydrogen) atoms. The third-order valence-electron chi connectivity index (χ3n) is 1.43. The third-order valence-corrected chi connectivity index (χ3v) is 1.43. The first-order valence-corrected chi connectivity index (χ1v) is 3.97. The van der Waals surface area contributed by atoms with Crippen molar-refractivity contribution < 1.29 is 5.11 Å². The van der Waals surface area contributed by atoms with Crippen LogP contribution in [-0.4, -0.2) is 5.11 Å². The van der Waals surface area contributed by atoms with Crippen molar-refractivity contribution in [2.45, 2.75) is 26.7 Å². The number of hydrogen-bond donors (Lipinski definition) is 1. The van der Waals surface area contributed by atoms with Crippen LogP contribution in [0.4, 0.5) is 0 Å². The van der Waals surface area contributed by atoms with E-state index in [1.807, 2.05) is 19.9 Å². The molecule has 1 heteroatoms. The van der Waals surface area contributed by atoms with E-state index in [1.54, 1.807) is 12.2 Å². The Bertz CT molecular complexity index is 175. The standard InChI is InChI=1S/C10H16O/c1-4-7-9(6-3)10(11)8-5-2/h4,7-8,11H,1,5-6H2,2-3H3/b9-7-,10-8-. The summed E-state index contributed by atoms with van der Waals surface area (Å²) in [6.07, 6.45) is 7.04. The predicted molar refractivity (Wildman–Crippen MR) is 49.6 cm³/mol. The predicted octanol–water partition coefficient (Wildman–Crippen LogP) is 3.36. The average molecular weight is 152 g/mol. The molecule has 0 saturated carbocycles. The van der Waals surface area contributed by atoms with Crippen LogP contribution in [0.2, 0.25) is 0 Å². The molecule has 0 aromatic heterocycles. The Morgan fingerprint density at radius 3 is 2.45 bits per heavy atom. The van der Waals surface area contributed by atoms with Gasteiger partial charge < -0.3 is 5.11 Å². The lowest BCUT2D eigenvalue weighted by molar-refractivity contribution is 0.417. The minimum absolute atomic E-state index is 0.384. The van der Waals surface area contributed by atoms with Gasteiger partial charge in [0.15, 0.2) is 0 Å². The Morgan fingerprint density at radius 2 is 2.09 bits per heavy atom. The Hall–Kier alpha value is -0.980. The molecule has 0 aromatic carbocycles. The maximum atomic E-state index is 9.39. The molecule has 0 bridgehead atoms. The van der Waals surface area contributed by atoms with E-state index in [1.165, 1.54) is 0 Å². The third kappa shape index (κ3) is 3.66. The SMILES string of the molecule is C=C/C=C(CC)\C(O)=C\CC. The van der Waals surface area contributed by atoms with Crippen molar-refractivity contribution in [3.63, 3.8) is 0 Å². The Balaban J connectivity index is 4.37. The van der Waals surface area contributed by atoms with Gasteiger partial charge in [-0.15, -0.1) is 0 Å². The van der Waals surface area contributed by atoms with Gasteiger partial charge in [-0.2, -0.15) is 0 Å². The van der Waals surface area contributed by atoms with E-state index in [2.05, 4.69) is 6.58 Å². The zero-order chi connectivity index (χ0) is 8.69. The maximum absolute atomic E-state index is 9.39. The fourth-order valence-electron chi connectivity index (χ4n) is 0.851. The summed E-state index contributed by atoms with van der Waals surface area (Å²) >= 11 is 0. The Morgan fingerprint density at radius 1 is 1.45 bits per heavy atom. The molecule has 0 aliphatic carbocycles. The topological polar surface area (TPSA) is 20.2 Å². The minimum atomic E-state index is 0.384. The summed E-state index contributed by atoms with van der Waals surface area (Å²) in [5.41, 5.74) is 0.946. The van der Waals surface area contributed by atoms with Crippen LogP contribution in [0.5, 0.6) is 0 Å². The van der Waals surface area contributed by atoms with E-state index < -0.39 is 0 Å². The molecular formula is C10H16O. The Kier molecular flexibility index (Phi) is 5.26. The highest BCUT2D eigenvalue weighted by Crippen LogP contribution is 2.11. The molecule has 62 valence electrons. The van der Waals surface area contributed by atoms with Crippen molar-refractivity contribution in [2.24, 2.45) is 0 Å². The first-order chi connectivity index (χ1) is 5.26. The lowest BCUT2D eigenvalue weighted by Gasteiger charge is -2.00. The number of rotatable bonds is 4. The summed E-state index contributed by atoms with van der Waals surface area (Å²) in [5, 5.41) is 9.39. The molecule has 0 aliphatic rings. The summed E-state index contributed by atoms with van der Waals surface area (Å²) in [7, 11) is 0. The van der Waals surface area contributed by atoms with Gasteiger partial charge in [-0.05, 0) is 24.5 Å². The lowest BCUT2D eigenvalue weighted by Crippen LogP contribution is -1.86. The monoisotopic (exact) mass is 152 g/mol. The molecule has 0 heterocycles. The summed E-state index contributed by atoms with van der Waals surface area (Å²) in [5.74, 6) is 0.384. The highest BCUT2D eigenvalue weighted by molar-refractivity contribution is 5.27. The number of allylic oxidation sites excluding steroid dienone is 4. The van der Waals surface area contributed by atoms with Crippen LogP contribution in [0.25, 0.3) is 0 Å². The van der Waals surface area contributed by atoms with Gasteiger partial charge >= 0.3 is 0 Å². The largest absolute Gasteiger partial charge is 0.508 e. The van der Waals surface area contributed by atoms with Gasteiger partial charge in [0.2, 0.25) is 0 Å². The van der Waals surface area contributed by atoms with Gasteiger partial charge in [0, 0.05) is 0 Å². The second-order valence-corrected chi connectivity index (χ2v) is 2.28. The van der Waals surface area contributed by atoms with Gasteiger partial charge in [-0.3, -0.25) is 0 Å². The van der Waals surface area contributed by atoms with Crippen molar-refractivity contribution in [3.8, 4) is 0 Å². The van der Waals surface area contributed by atoms with Crippen LogP contribution >= 0.6 is 0 Å². The van der Waals surface area contributed by atoms with Gasteiger partial charge in [0.1, 0.15) is 5.76 Å². The van der Waals surface area contributed by atoms with Gasteiger partial charge in [-0.1, -0.05) is 32.6 Å². The Labute approximate surface area is 68.7 Å². The lowest BCUT2D eigenvalue weighted by atomic mass is 10.1. The molecule has 0 saturated heterocycles. The fourth-order valence-corrected chi connectivity index (χ4v) is 0.851. The molecule has 1 N–H and O–H groups in total. The van der Waals surface area contributed by atoms with Crippen LogP contribution in [0.1, 0.15) is 26.7 Å². The van der Waals surface area contributed by atoms with Gasteiger partial charge in [-0.25, -0.2) is 0 Å². The van der Waals surface area contributed by atoms with Gasteiger partial charge in [0.05, 0.1) is 0 Å². The normalized spacial score (nSPS) is 13.3. The van der Waals surface area contributed by atoms with Crippen LogP contribution in [-0.2, 0) is 0 Å². The molecule has 0 fully saturated rings. The second-order valence-electron chi connectivity index (χ2n) is 2.28. The quantitative estimate of drug-likeness (QED) is 0.483. The molecular weight excluding hydrogens is 136 g/mol. The summed E-state index contributed by atoms with van der Waals surface area (Å²) in [6.45, 7) is 7.58. The van der Waals surface area contributed by atoms with Crippen molar-refractivity contribution in [3.05, 3.63) is 36.1 Å². The maximum Gasteiger partial charge on any atom is 0.114 e. The van der Waals surface area contributed by atoms with Crippen LogP contribution in [0, 0.1) is 0 Å². The van der Waals surface area contributed by atoms with E-state index in [9.17, 15) is 5.11 Å². The van der Waals surface area contributed by atoms with Gasteiger partial charge in [0.25, 0.3) is 0 Å². The highest BCUT2D eigenvalue weighted by Gasteiger charge is 1.96. The van der Waals surface area contributed by atoms with E-state index in [4.69, 9.17) is 0 Å². The molecule has 0 aromatic rings. The van der Waals surface area contributed by atoms with Crippen LogP contribution < -0.4 is 0 Å². The minimum Gasteiger partial charge on any atom is -0.508 e. The van der Waals surface area contributed by atoms with E-state index in [0.29, 0.717) is 5.76 Å². The number of hydrogen-bond acceptors (Lipinski definition) is 1. The van der Waals surface area contributed by atoms with Crippen LogP contribution in [0.3, 0.4) is 0 Å². The molecule has 0 amide bonds. The molecule has 0 atom stereocenters. The average Bonchev–Trinajstić information content (AvgIpc) is 2.00. The summed E-state index contributed by atoms with van der Waals surface area (Å²) in [4.78, 5) is 0. The van der Waals surface area contributed by atoms with Crippen LogP contribution in [0.15, 0.2) is 36.1 Å². The molecule has 1 nitrogen and oxygen atoms in total. The zero-order valence-electron chi connectivity index (χ0n) is 7.30.